The van der Waals surface area contributed by atoms with E-state index in [0.717, 1.165) is 6.42 Å². The average Bonchev–Trinajstić information content (AvgIpc) is 2.78. The van der Waals surface area contributed by atoms with E-state index in [2.05, 4.69) is 4.74 Å². The van der Waals surface area contributed by atoms with Crippen molar-refractivity contribution in [2.45, 2.75) is 73.4 Å². The molecule has 2 unspecified atom stereocenters. The summed E-state index contributed by atoms with van der Waals surface area (Å²) >= 11 is 0. The zero-order valence-corrected chi connectivity index (χ0v) is 21.9. The number of ether oxygens (including phenoxy) is 2. The number of aliphatic hydroxyl groups is 2. The highest BCUT2D eigenvalue weighted by molar-refractivity contribution is 7.85. The summed E-state index contributed by atoms with van der Waals surface area (Å²) in [5.41, 5.74) is -8.90. The molecule has 1 aromatic rings. The van der Waals surface area contributed by atoms with Gasteiger partial charge in [-0.15, -0.1) is 0 Å². The third-order valence-electron chi connectivity index (χ3n) is 8.12. The fourth-order valence-corrected chi connectivity index (χ4v) is 7.28. The van der Waals surface area contributed by atoms with Crippen molar-refractivity contribution in [2.75, 3.05) is 13.2 Å². The monoisotopic (exact) mass is 620 g/mol. The molecule has 4 N–H and O–H groups in total. The molecule has 4 saturated carbocycles. The predicted octanol–water partition coefficient (Wildman–Crippen LogP) is 3.53. The Balaban J connectivity index is 1.54. The van der Waals surface area contributed by atoms with E-state index in [-0.39, 0.29) is 24.5 Å². The third kappa shape index (κ3) is 5.99. The molecular weight excluding hydrogens is 594 g/mol. The lowest BCUT2D eigenvalue weighted by molar-refractivity contribution is -0.371. The van der Waals surface area contributed by atoms with Crippen LogP contribution in [0.15, 0.2) is 17.0 Å². The van der Waals surface area contributed by atoms with Gasteiger partial charge in [0, 0.05) is 11.8 Å². The van der Waals surface area contributed by atoms with Gasteiger partial charge < -0.3 is 24.8 Å². The summed E-state index contributed by atoms with van der Waals surface area (Å²) in [6, 6.07) is 0.751. The van der Waals surface area contributed by atoms with Crippen LogP contribution in [0, 0.1) is 17.3 Å². The molecular formula is C24H26F6O10S. The van der Waals surface area contributed by atoms with Crippen LogP contribution in [0.4, 0.5) is 26.3 Å². The zero-order chi connectivity index (χ0) is 30.8. The number of esters is 2. The molecule has 2 atom stereocenters. The number of rotatable bonds is 8. The van der Waals surface area contributed by atoms with Crippen molar-refractivity contribution in [3.8, 4) is 5.75 Å². The lowest BCUT2D eigenvalue weighted by Crippen LogP contribution is -2.57. The van der Waals surface area contributed by atoms with Crippen molar-refractivity contribution < 1.29 is 73.7 Å². The zero-order valence-electron chi connectivity index (χ0n) is 21.1. The molecule has 0 aromatic heterocycles. The molecule has 0 saturated heterocycles. The highest BCUT2D eigenvalue weighted by Gasteiger charge is 2.70. The average molecular weight is 621 g/mol. The minimum absolute atomic E-state index is 0.213. The molecule has 0 heterocycles. The van der Waals surface area contributed by atoms with Crippen LogP contribution in [0.3, 0.4) is 0 Å². The highest BCUT2D eigenvalue weighted by Crippen LogP contribution is 2.61. The van der Waals surface area contributed by atoms with Crippen LogP contribution >= 0.6 is 0 Å². The van der Waals surface area contributed by atoms with Crippen molar-refractivity contribution in [1.29, 1.82) is 0 Å². The largest absolute Gasteiger partial charge is 0.506 e. The quantitative estimate of drug-likeness (QED) is 0.192. The van der Waals surface area contributed by atoms with Crippen molar-refractivity contribution >= 4 is 22.1 Å². The fraction of sp³-hybridized carbons (Fsp3) is 0.667. The molecule has 0 spiro atoms. The van der Waals surface area contributed by atoms with Gasteiger partial charge in [0.15, 0.2) is 0 Å². The Bertz CT molecular complexity index is 1310. The number of carbonyl (C=O) groups excluding carboxylic acids is 2. The number of carbonyl (C=O) groups is 2. The molecule has 4 bridgehead atoms. The Morgan fingerprint density at radius 2 is 1.41 bits per heavy atom. The molecule has 1 aromatic carbocycles. The van der Waals surface area contributed by atoms with E-state index in [4.69, 9.17) is 4.74 Å². The Hall–Kier alpha value is -2.63. The van der Waals surface area contributed by atoms with Crippen molar-refractivity contribution in [2.24, 2.45) is 17.3 Å². The topological polar surface area (TPSA) is 168 Å². The number of hydrogen-bond donors (Lipinski definition) is 4. The van der Waals surface area contributed by atoms with Gasteiger partial charge in [-0.1, -0.05) is 0 Å². The summed E-state index contributed by atoms with van der Waals surface area (Å²) in [6.45, 7) is -1.93. The van der Waals surface area contributed by atoms with E-state index in [1.54, 1.807) is 0 Å². The molecule has 0 aliphatic heterocycles. The lowest BCUT2D eigenvalue weighted by atomic mass is 9.48. The minimum Gasteiger partial charge on any atom is -0.506 e. The second kappa shape index (κ2) is 9.98. The molecule has 230 valence electrons. The molecule has 4 fully saturated rings. The van der Waals surface area contributed by atoms with Crippen molar-refractivity contribution in [3.05, 3.63) is 23.3 Å². The molecule has 4 aliphatic rings. The van der Waals surface area contributed by atoms with E-state index in [1.807, 2.05) is 0 Å². The maximum absolute atomic E-state index is 12.9. The van der Waals surface area contributed by atoms with Crippen LogP contribution in [-0.4, -0.2) is 77.0 Å². The molecule has 41 heavy (non-hydrogen) atoms. The summed E-state index contributed by atoms with van der Waals surface area (Å²) < 4.78 is 120. The molecule has 10 nitrogen and oxygen atoms in total. The van der Waals surface area contributed by atoms with E-state index in [9.17, 15) is 64.2 Å². The van der Waals surface area contributed by atoms with Gasteiger partial charge in [0.2, 0.25) is 0 Å². The normalized spacial score (nSPS) is 28.0. The first-order chi connectivity index (χ1) is 18.6. The van der Waals surface area contributed by atoms with E-state index in [0.29, 0.717) is 38.2 Å². The predicted molar refractivity (Wildman–Crippen MR) is 122 cm³/mol. The van der Waals surface area contributed by atoms with Crippen LogP contribution in [0.25, 0.3) is 0 Å². The lowest BCUT2D eigenvalue weighted by Gasteiger charge is -2.59. The number of aromatic hydroxyl groups is 1. The Labute approximate surface area is 229 Å². The van der Waals surface area contributed by atoms with Gasteiger partial charge in [-0.05, 0) is 62.5 Å². The first kappa shape index (κ1) is 31.3. The highest BCUT2D eigenvalue weighted by atomic mass is 32.2. The van der Waals surface area contributed by atoms with E-state index < -0.39 is 85.8 Å². The Morgan fingerprint density at radius 1 is 0.927 bits per heavy atom. The standard InChI is InChI=1S/C24H26F6O10S/c25-23(26,27)22(35,24(28,29)30)1-2-39-18(32)15-4-14(41(36,37)38)5-16(17(15)31)19(33)40-11-20-6-12-3-13(7-20)9-21(34,8-12)10-20/h4-5,12-13,31,34-35H,1-3,6-11H2,(H,36,37,38). The van der Waals surface area contributed by atoms with Gasteiger partial charge in [0.05, 0.1) is 23.7 Å². The third-order valence-corrected chi connectivity index (χ3v) is 8.95. The number of halogens is 6. The second-order valence-corrected chi connectivity index (χ2v) is 12.8. The number of phenolic OH excluding ortho intramolecular Hbond substituents is 1. The summed E-state index contributed by atoms with van der Waals surface area (Å²) in [7, 11) is -5.17. The molecule has 4 aliphatic carbocycles. The summed E-state index contributed by atoms with van der Waals surface area (Å²) in [4.78, 5) is 24.2. The number of alkyl halides is 6. The Kier molecular flexibility index (Phi) is 7.62. The van der Waals surface area contributed by atoms with Gasteiger partial charge in [-0.2, -0.15) is 34.8 Å². The Morgan fingerprint density at radius 3 is 1.85 bits per heavy atom. The van der Waals surface area contributed by atoms with E-state index in [1.165, 1.54) is 0 Å². The van der Waals surface area contributed by atoms with Gasteiger partial charge >= 0.3 is 24.3 Å². The smallest absolute Gasteiger partial charge is 0.426 e. The van der Waals surface area contributed by atoms with Gasteiger partial charge in [-0.3, -0.25) is 4.55 Å². The first-order valence-corrected chi connectivity index (χ1v) is 13.8. The van der Waals surface area contributed by atoms with Crippen LogP contribution in [0.1, 0.15) is 65.7 Å². The van der Waals surface area contributed by atoms with Crippen LogP contribution < -0.4 is 0 Å². The van der Waals surface area contributed by atoms with Crippen molar-refractivity contribution in [1.82, 2.24) is 0 Å². The van der Waals surface area contributed by atoms with Gasteiger partial charge in [0.25, 0.3) is 15.7 Å². The summed E-state index contributed by atoms with van der Waals surface area (Å²) in [5.74, 6) is -4.07. The van der Waals surface area contributed by atoms with Gasteiger partial charge in [0.1, 0.15) is 16.9 Å². The van der Waals surface area contributed by atoms with E-state index >= 15 is 0 Å². The maximum atomic E-state index is 12.9. The number of benzene rings is 1. The van der Waals surface area contributed by atoms with Crippen LogP contribution in [0.2, 0.25) is 0 Å². The maximum Gasteiger partial charge on any atom is 0.426 e. The molecule has 0 radical (unpaired) electrons. The van der Waals surface area contributed by atoms with Crippen molar-refractivity contribution in [3.63, 3.8) is 0 Å². The fourth-order valence-electron chi connectivity index (χ4n) is 6.75. The molecule has 5 rings (SSSR count). The first-order valence-electron chi connectivity index (χ1n) is 12.4. The molecule has 0 amide bonds. The summed E-state index contributed by atoms with van der Waals surface area (Å²) in [6.07, 6.45) is -10.8. The van der Waals surface area contributed by atoms with Crippen LogP contribution in [-0.2, 0) is 19.6 Å². The number of hydrogen-bond acceptors (Lipinski definition) is 9. The summed E-state index contributed by atoms with van der Waals surface area (Å²) in [5, 5.41) is 30.5. The SMILES string of the molecule is O=C(OCCC(O)(C(F)(F)F)C(F)(F)F)c1cc(S(=O)(=O)O)cc(C(=O)OCC23CC4CC(CC(O)(C4)C2)C3)c1O. The second-order valence-electron chi connectivity index (χ2n) is 11.3. The molecule has 17 heteroatoms. The minimum atomic E-state index is -6.20. The van der Waals surface area contributed by atoms with Crippen LogP contribution in [0.5, 0.6) is 5.75 Å². The number of phenols is 1. The van der Waals surface area contributed by atoms with Gasteiger partial charge in [-0.25, -0.2) is 9.59 Å².